The van der Waals surface area contributed by atoms with Gasteiger partial charge in [-0.1, -0.05) is 0 Å². The summed E-state index contributed by atoms with van der Waals surface area (Å²) in [6.45, 7) is 7.23. The Hall–Kier alpha value is -0.120. The Morgan fingerprint density at radius 3 is 2.67 bits per heavy atom. The van der Waals surface area contributed by atoms with Gasteiger partial charge in [0.25, 0.3) is 0 Å². The smallest absolute Gasteiger partial charge is 0.238 e. The summed E-state index contributed by atoms with van der Waals surface area (Å²) in [5.41, 5.74) is 0. The fourth-order valence-corrected chi connectivity index (χ4v) is 0.204. The zero-order valence-electron chi connectivity index (χ0n) is 3.35. The van der Waals surface area contributed by atoms with E-state index in [2.05, 4.69) is 18.8 Å². The van der Waals surface area contributed by atoms with Gasteiger partial charge in [0.05, 0.1) is 0 Å². The topological polar surface area (TPSA) is 13.6 Å². The highest BCUT2D eigenvalue weighted by atomic mass is 31.0. The molecule has 0 N–H and O–H groups in total. The van der Waals surface area contributed by atoms with Crippen molar-refractivity contribution >= 4 is 9.47 Å². The van der Waals surface area contributed by atoms with Gasteiger partial charge in [-0.2, -0.15) is 0 Å². The zero-order valence-corrected chi connectivity index (χ0v) is 4.50. The largest absolute Gasteiger partial charge is 0.358 e. The van der Waals surface area contributed by atoms with E-state index in [0.717, 1.165) is 0 Å². The molecule has 0 aliphatic rings. The summed E-state index contributed by atoms with van der Waals surface area (Å²) in [7, 11) is 2.09. The number of nitrogens with zero attached hydrogens (tertiary/aromatic N) is 1. The Bertz CT molecular complexity index is 58.3. The van der Waals surface area contributed by atoms with Crippen LogP contribution in [-0.4, -0.2) is 13.2 Å². The van der Waals surface area contributed by atoms with E-state index in [1.165, 1.54) is 0 Å². The summed E-state index contributed by atoms with van der Waals surface area (Å²) in [5.74, 6) is 0. The fraction of sp³-hybridized carbons (Fsp3) is 0.667. The molecular weight excluding hydrogens is 97.0 g/mol. The van der Waals surface area contributed by atoms with Crippen LogP contribution in [0.15, 0.2) is 0 Å². The molecule has 0 spiro atoms. The summed E-state index contributed by atoms with van der Waals surface area (Å²) in [6.07, 6.45) is 0. The average Bonchev–Trinajstić information content (AvgIpc) is 1.61. The Kier molecular flexibility index (Phi) is 4.78. The van der Waals surface area contributed by atoms with Crippen LogP contribution < -0.4 is 0 Å². The molecule has 2 nitrogen and oxygen atoms in total. The van der Waals surface area contributed by atoms with E-state index in [9.17, 15) is 0 Å². The van der Waals surface area contributed by atoms with E-state index in [0.29, 0.717) is 13.2 Å². The van der Waals surface area contributed by atoms with Crippen LogP contribution in [-0.2, 0) is 4.52 Å². The minimum Gasteiger partial charge on any atom is -0.358 e. The van der Waals surface area contributed by atoms with Crippen molar-refractivity contribution in [3.8, 4) is 0 Å². The van der Waals surface area contributed by atoms with Crippen molar-refractivity contribution in [2.75, 3.05) is 13.2 Å². The first kappa shape index (κ1) is 5.88. The van der Waals surface area contributed by atoms with E-state index in [1.54, 1.807) is 0 Å². The van der Waals surface area contributed by atoms with Gasteiger partial charge in [0.2, 0.25) is 6.54 Å². The summed E-state index contributed by atoms with van der Waals surface area (Å²) in [4.78, 5) is 3.04. The predicted molar refractivity (Wildman–Crippen MR) is 27.1 cm³/mol. The van der Waals surface area contributed by atoms with Crippen LogP contribution in [0.1, 0.15) is 0 Å². The molecule has 0 radical (unpaired) electrons. The molecule has 0 saturated heterocycles. The second-order valence-corrected chi connectivity index (χ2v) is 1.09. The third kappa shape index (κ3) is 3.88. The van der Waals surface area contributed by atoms with Crippen LogP contribution in [0.4, 0.5) is 0 Å². The second-order valence-electron chi connectivity index (χ2n) is 0.753. The maximum absolute atomic E-state index is 6.24. The van der Waals surface area contributed by atoms with Crippen molar-refractivity contribution in [3.63, 3.8) is 0 Å². The number of hydrogen-bond acceptors (Lipinski definition) is 1. The normalized spacial score (nSPS) is 7.33. The molecule has 0 fully saturated rings. The fourth-order valence-electron chi connectivity index (χ4n) is 0.0983. The number of hydrogen-bond donors (Lipinski definition) is 0. The van der Waals surface area contributed by atoms with Gasteiger partial charge >= 0.3 is 0 Å². The van der Waals surface area contributed by atoms with Gasteiger partial charge in [0.1, 0.15) is 6.61 Å². The third-order valence-electron chi connectivity index (χ3n) is 0.321. The minimum atomic E-state index is 0.462. The predicted octanol–water partition coefficient (Wildman–Crippen LogP) is 0.712. The molecule has 0 aromatic heterocycles. The summed E-state index contributed by atoms with van der Waals surface area (Å²) < 4.78 is 4.49. The molecule has 3 heteroatoms. The lowest BCUT2D eigenvalue weighted by atomic mass is 10.7. The van der Waals surface area contributed by atoms with Crippen molar-refractivity contribution < 1.29 is 4.52 Å². The summed E-state index contributed by atoms with van der Waals surface area (Å²) >= 11 is 0. The van der Waals surface area contributed by atoms with Crippen LogP contribution in [0, 0.1) is 6.57 Å². The SMILES string of the molecule is [C-]#[N+]CCOP. The molecule has 6 heavy (non-hydrogen) atoms. The maximum Gasteiger partial charge on any atom is 0.238 e. The van der Waals surface area contributed by atoms with E-state index < -0.39 is 0 Å². The minimum absolute atomic E-state index is 0.462. The lowest BCUT2D eigenvalue weighted by Gasteiger charge is -1.80. The van der Waals surface area contributed by atoms with Crippen LogP contribution in [0.5, 0.6) is 0 Å². The lowest BCUT2D eigenvalue weighted by Crippen LogP contribution is -1.83. The average molecular weight is 103 g/mol. The highest BCUT2D eigenvalue weighted by Crippen LogP contribution is 1.81. The maximum atomic E-state index is 6.24. The first-order chi connectivity index (χ1) is 2.91. The van der Waals surface area contributed by atoms with E-state index in [-0.39, 0.29) is 0 Å². The van der Waals surface area contributed by atoms with Gasteiger partial charge in [-0.25, -0.2) is 6.57 Å². The summed E-state index contributed by atoms with van der Waals surface area (Å²) in [5, 5.41) is 0. The first-order valence-corrected chi connectivity index (χ1v) is 2.04. The molecule has 0 rings (SSSR count). The molecular formula is C3H6NOP. The molecule has 0 aromatic carbocycles. The van der Waals surface area contributed by atoms with E-state index >= 15 is 0 Å². The zero-order chi connectivity index (χ0) is 4.83. The number of rotatable bonds is 2. The van der Waals surface area contributed by atoms with Crippen LogP contribution in [0.3, 0.4) is 0 Å². The Morgan fingerprint density at radius 1 is 1.83 bits per heavy atom. The van der Waals surface area contributed by atoms with Crippen molar-refractivity contribution in [1.82, 2.24) is 0 Å². The molecule has 1 atom stereocenters. The molecule has 0 bridgehead atoms. The Balaban J connectivity index is 2.54. The van der Waals surface area contributed by atoms with Gasteiger partial charge in [0.15, 0.2) is 0 Å². The Labute approximate surface area is 39.6 Å². The third-order valence-corrected chi connectivity index (χ3v) is 0.557. The highest BCUT2D eigenvalue weighted by molar-refractivity contribution is 7.09. The first-order valence-electron chi connectivity index (χ1n) is 1.56. The van der Waals surface area contributed by atoms with Crippen LogP contribution >= 0.6 is 9.47 Å². The molecule has 0 aliphatic carbocycles. The summed E-state index contributed by atoms with van der Waals surface area (Å²) in [6, 6.07) is 0. The second kappa shape index (κ2) is 4.88. The van der Waals surface area contributed by atoms with Gasteiger partial charge in [-0.15, -0.1) is 0 Å². The van der Waals surface area contributed by atoms with Crippen LogP contribution in [0.2, 0.25) is 0 Å². The van der Waals surface area contributed by atoms with Gasteiger partial charge < -0.3 is 9.37 Å². The standard InChI is InChI=1S/C3H6NOP/c1-4-2-3-5-6/h2-3,6H2. The molecule has 1 unspecified atom stereocenters. The Morgan fingerprint density at radius 2 is 2.50 bits per heavy atom. The van der Waals surface area contributed by atoms with Crippen LogP contribution in [0.25, 0.3) is 4.85 Å². The van der Waals surface area contributed by atoms with Gasteiger partial charge in [-0.3, -0.25) is 0 Å². The van der Waals surface area contributed by atoms with Gasteiger partial charge in [-0.05, 0) is 0 Å². The van der Waals surface area contributed by atoms with Crippen molar-refractivity contribution in [2.24, 2.45) is 0 Å². The highest BCUT2D eigenvalue weighted by Gasteiger charge is 1.77. The van der Waals surface area contributed by atoms with Crippen molar-refractivity contribution in [1.29, 1.82) is 0 Å². The molecule has 0 aromatic rings. The molecule has 0 heterocycles. The molecule has 34 valence electrons. The monoisotopic (exact) mass is 103 g/mol. The lowest BCUT2D eigenvalue weighted by molar-refractivity contribution is 0.395. The van der Waals surface area contributed by atoms with Crippen molar-refractivity contribution in [3.05, 3.63) is 11.4 Å². The van der Waals surface area contributed by atoms with Crippen molar-refractivity contribution in [2.45, 2.75) is 0 Å². The van der Waals surface area contributed by atoms with Gasteiger partial charge in [0, 0.05) is 9.47 Å². The quantitative estimate of drug-likeness (QED) is 0.285. The van der Waals surface area contributed by atoms with E-state index in [4.69, 9.17) is 6.57 Å². The molecule has 0 aliphatic heterocycles. The molecule has 0 saturated carbocycles. The van der Waals surface area contributed by atoms with E-state index in [1.807, 2.05) is 0 Å². The molecule has 0 amide bonds.